The van der Waals surface area contributed by atoms with Crippen molar-refractivity contribution < 1.29 is 4.79 Å². The lowest BCUT2D eigenvalue weighted by atomic mass is 9.87. The maximum absolute atomic E-state index is 12.3. The third-order valence-corrected chi connectivity index (χ3v) is 6.32. The van der Waals surface area contributed by atoms with Crippen molar-refractivity contribution in [2.75, 3.05) is 18.4 Å². The maximum atomic E-state index is 12.3. The Bertz CT molecular complexity index is 928. The first-order valence-electron chi connectivity index (χ1n) is 9.61. The highest BCUT2D eigenvalue weighted by atomic mass is 32.1. The molecular weight excluding hydrogens is 354 g/mol. The van der Waals surface area contributed by atoms with Gasteiger partial charge in [0.25, 0.3) is 5.91 Å². The van der Waals surface area contributed by atoms with Gasteiger partial charge in [0.2, 0.25) is 0 Å². The van der Waals surface area contributed by atoms with Crippen LogP contribution in [0.4, 0.5) is 5.69 Å². The highest BCUT2D eigenvalue weighted by Crippen LogP contribution is 2.35. The van der Waals surface area contributed by atoms with Crippen molar-refractivity contribution in [1.82, 2.24) is 9.88 Å². The minimum Gasteiger partial charge on any atom is -0.361 e. The van der Waals surface area contributed by atoms with Gasteiger partial charge in [-0.2, -0.15) is 11.3 Å². The molecule has 1 aliphatic rings. The summed E-state index contributed by atoms with van der Waals surface area (Å²) in [6.07, 6.45) is 4.51. The van der Waals surface area contributed by atoms with Crippen LogP contribution in [0.5, 0.6) is 0 Å². The number of nitrogens with zero attached hydrogens (tertiary/aromatic N) is 1. The number of hydrogen-bond donors (Lipinski definition) is 2. The first-order chi connectivity index (χ1) is 12.9. The molecule has 1 aromatic carbocycles. The van der Waals surface area contributed by atoms with Gasteiger partial charge < -0.3 is 10.3 Å². The summed E-state index contributed by atoms with van der Waals surface area (Å²) in [5, 5.41) is 8.05. The van der Waals surface area contributed by atoms with Gasteiger partial charge in [-0.1, -0.05) is 0 Å². The summed E-state index contributed by atoms with van der Waals surface area (Å²) in [4.78, 5) is 18.3. The van der Waals surface area contributed by atoms with E-state index in [1.54, 1.807) is 0 Å². The van der Waals surface area contributed by atoms with E-state index in [0.29, 0.717) is 11.5 Å². The Morgan fingerprint density at radius 3 is 2.67 bits per heavy atom. The molecule has 27 heavy (non-hydrogen) atoms. The number of benzene rings is 1. The minimum atomic E-state index is -0.0498. The number of nitrogens with one attached hydrogen (secondary N) is 2. The van der Waals surface area contributed by atoms with E-state index < -0.39 is 0 Å². The van der Waals surface area contributed by atoms with Gasteiger partial charge in [-0.15, -0.1) is 0 Å². The summed E-state index contributed by atoms with van der Waals surface area (Å²) in [6.45, 7) is 9.15. The van der Waals surface area contributed by atoms with E-state index in [-0.39, 0.29) is 11.4 Å². The number of thiophene rings is 1. The Kier molecular flexibility index (Phi) is 4.82. The molecule has 2 N–H and O–H groups in total. The van der Waals surface area contributed by atoms with E-state index >= 15 is 0 Å². The Balaban J connectivity index is 1.53. The number of likely N-dealkylation sites (tertiary alicyclic amines) is 1. The second-order valence-corrected chi connectivity index (χ2v) is 9.18. The quantitative estimate of drug-likeness (QED) is 0.633. The molecule has 0 radical (unpaired) electrons. The van der Waals surface area contributed by atoms with Gasteiger partial charge in [0.1, 0.15) is 0 Å². The number of rotatable bonds is 3. The van der Waals surface area contributed by atoms with Crippen LogP contribution in [0.1, 0.15) is 55.5 Å². The molecule has 1 amide bonds. The average molecular weight is 382 g/mol. The Morgan fingerprint density at radius 1 is 1.22 bits per heavy atom. The van der Waals surface area contributed by atoms with Crippen LogP contribution in [0.25, 0.3) is 10.9 Å². The summed E-state index contributed by atoms with van der Waals surface area (Å²) in [5.41, 5.74) is 4.32. The average Bonchev–Trinajstić information content (AvgIpc) is 3.31. The van der Waals surface area contributed by atoms with Crippen LogP contribution in [0.2, 0.25) is 0 Å². The number of carbonyl (C=O) groups is 1. The topological polar surface area (TPSA) is 48.1 Å². The third kappa shape index (κ3) is 3.80. The van der Waals surface area contributed by atoms with Gasteiger partial charge >= 0.3 is 0 Å². The molecule has 3 aromatic rings. The molecule has 3 heterocycles. The van der Waals surface area contributed by atoms with Crippen LogP contribution >= 0.6 is 11.3 Å². The number of hydrogen-bond acceptors (Lipinski definition) is 3. The molecular formula is C22H27N3OS. The highest BCUT2D eigenvalue weighted by Gasteiger charge is 2.28. The molecule has 0 spiro atoms. The molecule has 1 aliphatic heterocycles. The standard InChI is InChI=1S/C22H27N3OS/c1-22(2,3)25-9-6-15(7-10-25)19-13-23-20-5-4-17(12-18(19)20)24-21(26)16-8-11-27-14-16/h4-5,8,11-15,23H,6-7,9-10H2,1-3H3,(H,24,26). The van der Waals surface area contributed by atoms with Crippen LogP contribution in [0.3, 0.4) is 0 Å². The van der Waals surface area contributed by atoms with Crippen LogP contribution < -0.4 is 5.32 Å². The molecule has 4 rings (SSSR count). The van der Waals surface area contributed by atoms with Crippen molar-refractivity contribution in [3.63, 3.8) is 0 Å². The number of piperidine rings is 1. The van der Waals surface area contributed by atoms with E-state index in [9.17, 15) is 4.79 Å². The second kappa shape index (κ2) is 7.13. The van der Waals surface area contributed by atoms with Gasteiger partial charge in [0.05, 0.1) is 5.56 Å². The number of aromatic nitrogens is 1. The summed E-state index contributed by atoms with van der Waals surface area (Å²) in [6, 6.07) is 7.99. The molecule has 1 saturated heterocycles. The summed E-state index contributed by atoms with van der Waals surface area (Å²) >= 11 is 1.54. The van der Waals surface area contributed by atoms with Crippen LogP contribution in [0, 0.1) is 0 Å². The number of anilines is 1. The fourth-order valence-electron chi connectivity index (χ4n) is 4.02. The smallest absolute Gasteiger partial charge is 0.256 e. The Hall–Kier alpha value is -2.11. The van der Waals surface area contributed by atoms with Crippen LogP contribution in [0.15, 0.2) is 41.2 Å². The first kappa shape index (κ1) is 18.3. The third-order valence-electron chi connectivity index (χ3n) is 5.64. The molecule has 142 valence electrons. The van der Waals surface area contributed by atoms with Gasteiger partial charge in [-0.05, 0) is 87.8 Å². The molecule has 1 fully saturated rings. The molecule has 0 atom stereocenters. The number of fused-ring (bicyclic) bond motifs is 1. The predicted octanol–water partition coefficient (Wildman–Crippen LogP) is 5.46. The molecule has 0 unspecified atom stereocenters. The molecule has 5 heteroatoms. The van der Waals surface area contributed by atoms with E-state index in [0.717, 1.165) is 24.3 Å². The fraction of sp³-hybridized carbons (Fsp3) is 0.409. The molecule has 2 aromatic heterocycles. The second-order valence-electron chi connectivity index (χ2n) is 8.40. The molecule has 0 saturated carbocycles. The SMILES string of the molecule is CC(C)(C)N1CCC(c2c[nH]c3ccc(NC(=O)c4ccsc4)cc23)CC1. The Labute approximate surface area is 164 Å². The van der Waals surface area contributed by atoms with Gasteiger partial charge in [0.15, 0.2) is 0 Å². The van der Waals surface area contributed by atoms with Gasteiger partial charge in [0, 0.05) is 33.7 Å². The Morgan fingerprint density at radius 2 is 2.00 bits per heavy atom. The van der Waals surface area contributed by atoms with Crippen molar-refractivity contribution in [2.45, 2.75) is 45.1 Å². The van der Waals surface area contributed by atoms with Crippen LogP contribution in [-0.2, 0) is 0 Å². The number of amides is 1. The van der Waals surface area contributed by atoms with Crippen molar-refractivity contribution in [3.05, 3.63) is 52.3 Å². The monoisotopic (exact) mass is 381 g/mol. The fourth-order valence-corrected chi connectivity index (χ4v) is 4.65. The van der Waals surface area contributed by atoms with E-state index in [4.69, 9.17) is 0 Å². The number of aromatic amines is 1. The molecule has 0 aliphatic carbocycles. The summed E-state index contributed by atoms with van der Waals surface area (Å²) < 4.78 is 0. The number of carbonyl (C=O) groups excluding carboxylic acids is 1. The largest absolute Gasteiger partial charge is 0.361 e. The predicted molar refractivity (Wildman–Crippen MR) is 114 cm³/mol. The molecule has 0 bridgehead atoms. The minimum absolute atomic E-state index is 0.0498. The zero-order valence-electron chi connectivity index (χ0n) is 16.2. The van der Waals surface area contributed by atoms with Gasteiger partial charge in [-0.25, -0.2) is 0 Å². The normalized spacial score (nSPS) is 16.7. The van der Waals surface area contributed by atoms with Gasteiger partial charge in [-0.3, -0.25) is 9.69 Å². The van der Waals surface area contributed by atoms with Crippen LogP contribution in [-0.4, -0.2) is 34.4 Å². The number of H-pyrrole nitrogens is 1. The lowest BCUT2D eigenvalue weighted by molar-refractivity contribution is 0.102. The van der Waals surface area contributed by atoms with Crippen molar-refractivity contribution in [3.8, 4) is 0 Å². The maximum Gasteiger partial charge on any atom is 0.256 e. The lowest BCUT2D eigenvalue weighted by Crippen LogP contribution is -2.45. The zero-order chi connectivity index (χ0) is 19.0. The summed E-state index contributed by atoms with van der Waals surface area (Å²) in [5.74, 6) is 0.520. The van der Waals surface area contributed by atoms with Crippen molar-refractivity contribution >= 4 is 33.8 Å². The summed E-state index contributed by atoms with van der Waals surface area (Å²) in [7, 11) is 0. The lowest BCUT2D eigenvalue weighted by Gasteiger charge is -2.40. The van der Waals surface area contributed by atoms with E-state index in [1.165, 1.54) is 35.1 Å². The van der Waals surface area contributed by atoms with E-state index in [1.807, 2.05) is 22.9 Å². The van der Waals surface area contributed by atoms with E-state index in [2.05, 4.69) is 54.3 Å². The first-order valence-corrected chi connectivity index (χ1v) is 10.6. The highest BCUT2D eigenvalue weighted by molar-refractivity contribution is 7.08. The zero-order valence-corrected chi connectivity index (χ0v) is 17.0. The molecule has 4 nitrogen and oxygen atoms in total. The van der Waals surface area contributed by atoms with Crippen molar-refractivity contribution in [2.24, 2.45) is 0 Å². The van der Waals surface area contributed by atoms with Crippen molar-refractivity contribution in [1.29, 1.82) is 0 Å².